The Bertz CT molecular complexity index is 231. The Hall–Kier alpha value is -0.570. The van der Waals surface area contributed by atoms with Crippen LogP contribution in [-0.4, -0.2) is 17.1 Å². The molecule has 0 amide bonds. The highest BCUT2D eigenvalue weighted by atomic mass is 16.4. The summed E-state index contributed by atoms with van der Waals surface area (Å²) < 4.78 is 0. The van der Waals surface area contributed by atoms with E-state index in [4.69, 9.17) is 10.8 Å². The van der Waals surface area contributed by atoms with Crippen molar-refractivity contribution in [1.29, 1.82) is 0 Å². The van der Waals surface area contributed by atoms with Gasteiger partial charge >= 0.3 is 5.97 Å². The second kappa shape index (κ2) is 15.8. The molecule has 0 rings (SSSR count). The standard InChI is InChI=1S/C18H37NO2/c1-2-3-4-5-6-7-8-9-10-11-12-13-14-17(19)15-16-18(20)21/h17H,2-16,19H2,1H3,(H,20,21). The molecule has 0 radical (unpaired) electrons. The molecule has 1 atom stereocenters. The van der Waals surface area contributed by atoms with Crippen LogP contribution >= 0.6 is 0 Å². The fourth-order valence-corrected chi connectivity index (χ4v) is 2.70. The molecule has 3 nitrogen and oxygen atoms in total. The molecule has 0 aromatic heterocycles. The molecule has 0 aromatic carbocycles. The Morgan fingerprint density at radius 3 is 1.67 bits per heavy atom. The Balaban J connectivity index is 3.10. The van der Waals surface area contributed by atoms with E-state index in [1.807, 2.05) is 0 Å². The van der Waals surface area contributed by atoms with Gasteiger partial charge in [-0.2, -0.15) is 0 Å². The van der Waals surface area contributed by atoms with Crippen molar-refractivity contribution in [2.75, 3.05) is 0 Å². The predicted molar refractivity (Wildman–Crippen MR) is 90.5 cm³/mol. The van der Waals surface area contributed by atoms with Crippen LogP contribution in [-0.2, 0) is 4.79 Å². The van der Waals surface area contributed by atoms with E-state index < -0.39 is 5.97 Å². The number of nitrogens with two attached hydrogens (primary N) is 1. The van der Waals surface area contributed by atoms with Crippen molar-refractivity contribution in [1.82, 2.24) is 0 Å². The van der Waals surface area contributed by atoms with Crippen molar-refractivity contribution in [2.45, 2.75) is 109 Å². The molecule has 0 aliphatic carbocycles. The lowest BCUT2D eigenvalue weighted by Crippen LogP contribution is -2.20. The highest BCUT2D eigenvalue weighted by Crippen LogP contribution is 2.13. The molecule has 3 N–H and O–H groups in total. The van der Waals surface area contributed by atoms with Crippen LogP contribution in [0.2, 0.25) is 0 Å². The first-order chi connectivity index (χ1) is 10.2. The highest BCUT2D eigenvalue weighted by molar-refractivity contribution is 5.66. The van der Waals surface area contributed by atoms with Gasteiger partial charge in [0.2, 0.25) is 0 Å². The monoisotopic (exact) mass is 299 g/mol. The third kappa shape index (κ3) is 17.4. The minimum absolute atomic E-state index is 0.0734. The predicted octanol–water partition coefficient (Wildman–Crippen LogP) is 5.27. The van der Waals surface area contributed by atoms with Gasteiger partial charge in [0.15, 0.2) is 0 Å². The van der Waals surface area contributed by atoms with E-state index in [0.717, 1.165) is 12.8 Å². The Kier molecular flexibility index (Phi) is 15.4. The molecular weight excluding hydrogens is 262 g/mol. The van der Waals surface area contributed by atoms with Crippen LogP contribution in [0.3, 0.4) is 0 Å². The van der Waals surface area contributed by atoms with Crippen LogP contribution in [0.1, 0.15) is 103 Å². The fraction of sp³-hybridized carbons (Fsp3) is 0.944. The summed E-state index contributed by atoms with van der Waals surface area (Å²) in [6.45, 7) is 2.26. The second-order valence-corrected chi connectivity index (χ2v) is 6.37. The van der Waals surface area contributed by atoms with E-state index in [1.165, 1.54) is 70.6 Å². The summed E-state index contributed by atoms with van der Waals surface area (Å²) in [5.41, 5.74) is 5.89. The number of unbranched alkanes of at least 4 members (excludes halogenated alkanes) is 11. The number of carboxylic acid groups (broad SMARTS) is 1. The molecule has 0 spiro atoms. The van der Waals surface area contributed by atoms with Gasteiger partial charge in [0.1, 0.15) is 0 Å². The zero-order valence-electron chi connectivity index (χ0n) is 14.1. The molecule has 3 heteroatoms. The maximum atomic E-state index is 10.4. The van der Waals surface area contributed by atoms with Crippen molar-refractivity contribution in [3.8, 4) is 0 Å². The minimum Gasteiger partial charge on any atom is -0.481 e. The highest BCUT2D eigenvalue weighted by Gasteiger charge is 2.05. The van der Waals surface area contributed by atoms with Crippen LogP contribution < -0.4 is 5.73 Å². The van der Waals surface area contributed by atoms with Gasteiger partial charge in [-0.05, 0) is 12.8 Å². The smallest absolute Gasteiger partial charge is 0.303 e. The van der Waals surface area contributed by atoms with Gasteiger partial charge in [-0.25, -0.2) is 0 Å². The normalized spacial score (nSPS) is 12.5. The van der Waals surface area contributed by atoms with E-state index in [2.05, 4.69) is 6.92 Å². The Morgan fingerprint density at radius 2 is 1.24 bits per heavy atom. The summed E-state index contributed by atoms with van der Waals surface area (Å²) in [5, 5.41) is 8.58. The van der Waals surface area contributed by atoms with Crippen LogP contribution in [0, 0.1) is 0 Å². The van der Waals surface area contributed by atoms with Crippen molar-refractivity contribution >= 4 is 5.97 Å². The zero-order chi connectivity index (χ0) is 15.8. The number of hydrogen-bond acceptors (Lipinski definition) is 2. The molecule has 0 aliphatic heterocycles. The quantitative estimate of drug-likeness (QED) is 0.382. The number of rotatable bonds is 16. The summed E-state index contributed by atoms with van der Waals surface area (Å²) >= 11 is 0. The largest absolute Gasteiger partial charge is 0.481 e. The third-order valence-electron chi connectivity index (χ3n) is 4.16. The van der Waals surface area contributed by atoms with Crippen molar-refractivity contribution in [3.63, 3.8) is 0 Å². The SMILES string of the molecule is CCCCCCCCCCCCCCC(N)CCC(=O)O. The van der Waals surface area contributed by atoms with Crippen LogP contribution in [0.25, 0.3) is 0 Å². The summed E-state index contributed by atoms with van der Waals surface area (Å²) in [6, 6.07) is 0.0734. The molecule has 0 fully saturated rings. The molecule has 0 saturated heterocycles. The maximum Gasteiger partial charge on any atom is 0.303 e. The first kappa shape index (κ1) is 20.4. The number of carboxylic acids is 1. The van der Waals surface area contributed by atoms with Crippen LogP contribution in [0.5, 0.6) is 0 Å². The topological polar surface area (TPSA) is 63.3 Å². The second-order valence-electron chi connectivity index (χ2n) is 6.37. The van der Waals surface area contributed by atoms with E-state index in [0.29, 0.717) is 6.42 Å². The van der Waals surface area contributed by atoms with Gasteiger partial charge in [-0.15, -0.1) is 0 Å². The van der Waals surface area contributed by atoms with Gasteiger partial charge in [0, 0.05) is 12.5 Å². The molecule has 0 aliphatic rings. The number of carbonyl (C=O) groups is 1. The van der Waals surface area contributed by atoms with Gasteiger partial charge in [-0.1, -0.05) is 84.0 Å². The molecule has 0 saturated carbocycles. The summed E-state index contributed by atoms with van der Waals surface area (Å²) in [6.07, 6.45) is 18.0. The van der Waals surface area contributed by atoms with Crippen LogP contribution in [0.4, 0.5) is 0 Å². The van der Waals surface area contributed by atoms with E-state index in [-0.39, 0.29) is 12.5 Å². The molecule has 0 heterocycles. The van der Waals surface area contributed by atoms with E-state index in [9.17, 15) is 4.79 Å². The first-order valence-corrected chi connectivity index (χ1v) is 9.14. The third-order valence-corrected chi connectivity index (χ3v) is 4.16. The molecule has 126 valence electrons. The summed E-state index contributed by atoms with van der Waals surface area (Å²) in [7, 11) is 0. The van der Waals surface area contributed by atoms with Crippen molar-refractivity contribution in [2.24, 2.45) is 5.73 Å². The first-order valence-electron chi connectivity index (χ1n) is 9.14. The van der Waals surface area contributed by atoms with E-state index in [1.54, 1.807) is 0 Å². The number of hydrogen-bond donors (Lipinski definition) is 2. The fourth-order valence-electron chi connectivity index (χ4n) is 2.70. The lowest BCUT2D eigenvalue weighted by atomic mass is 10.0. The maximum absolute atomic E-state index is 10.4. The average Bonchev–Trinajstić information content (AvgIpc) is 2.46. The lowest BCUT2D eigenvalue weighted by Gasteiger charge is -2.09. The molecule has 21 heavy (non-hydrogen) atoms. The van der Waals surface area contributed by atoms with Crippen molar-refractivity contribution in [3.05, 3.63) is 0 Å². The Morgan fingerprint density at radius 1 is 0.810 bits per heavy atom. The lowest BCUT2D eigenvalue weighted by molar-refractivity contribution is -0.137. The van der Waals surface area contributed by atoms with Gasteiger partial charge in [0.05, 0.1) is 0 Å². The van der Waals surface area contributed by atoms with Gasteiger partial charge < -0.3 is 10.8 Å². The summed E-state index contributed by atoms with van der Waals surface area (Å²) in [4.78, 5) is 10.4. The average molecular weight is 299 g/mol. The number of aliphatic carboxylic acids is 1. The van der Waals surface area contributed by atoms with Crippen LogP contribution in [0.15, 0.2) is 0 Å². The molecule has 0 bridgehead atoms. The zero-order valence-corrected chi connectivity index (χ0v) is 14.1. The minimum atomic E-state index is -0.736. The van der Waals surface area contributed by atoms with Gasteiger partial charge in [-0.3, -0.25) is 4.79 Å². The summed E-state index contributed by atoms with van der Waals surface area (Å²) in [5.74, 6) is -0.736. The Labute approximate surface area is 131 Å². The van der Waals surface area contributed by atoms with Gasteiger partial charge in [0.25, 0.3) is 0 Å². The van der Waals surface area contributed by atoms with Crippen molar-refractivity contribution < 1.29 is 9.90 Å². The molecule has 0 aromatic rings. The molecule has 1 unspecified atom stereocenters. The van der Waals surface area contributed by atoms with E-state index >= 15 is 0 Å². The molecular formula is C18H37NO2.